The van der Waals surface area contributed by atoms with Gasteiger partial charge in [0.25, 0.3) is 11.8 Å². The van der Waals surface area contributed by atoms with E-state index in [-0.39, 0.29) is 60.7 Å². The number of nitriles is 2. The van der Waals surface area contributed by atoms with Gasteiger partial charge in [-0.2, -0.15) is 10.5 Å². The standard InChI is InChI=1S/C49H58ClN9O7/c1-29(2)42(45(63)59-28-35(60)22-38(59)44(62)54-30(3)32-10-8-31(25-51)9-11-32)39-24-41(56-66-39)64-21-20-57-16-18-58(19-17-57)40-15-13-34(27-53-40)43(61)55-46-48(4,5)47(49(46,6)7)65-36-14-12-33(26-52)37(50)23-36/h8-15,23-24,27,29-30,35,38,42,46-47,60H,16-22,28H2,1-7H3,(H,54,62)(H,55,61)/t30-,35+,38-,42+,46?,47?/m0/s1. The highest BCUT2D eigenvalue weighted by molar-refractivity contribution is 6.31. The molecule has 2 aliphatic heterocycles. The zero-order valence-corrected chi connectivity index (χ0v) is 39.2. The zero-order valence-electron chi connectivity index (χ0n) is 38.5. The number of amides is 3. The molecule has 1 aliphatic carbocycles. The number of ether oxygens (including phenoxy) is 2. The summed E-state index contributed by atoms with van der Waals surface area (Å²) in [6.07, 6.45) is 0.658. The molecule has 0 unspecified atom stereocenters. The predicted molar refractivity (Wildman–Crippen MR) is 246 cm³/mol. The molecule has 3 aliphatic rings. The summed E-state index contributed by atoms with van der Waals surface area (Å²) in [5.74, 6) is 0.0680. The van der Waals surface area contributed by atoms with E-state index in [1.807, 2.05) is 26.8 Å². The number of hydrogen-bond acceptors (Lipinski definition) is 13. The number of anilines is 1. The SMILES string of the molecule is CC(C)[C@@H](C(=O)N1C[C@H](O)C[C@H]1C(=O)N[C@@H](C)c1ccc(C#N)cc1)c1cc(OCCN2CCN(c3ccc(C(=O)NC4C(C)(C)C(Oc5ccc(C#N)c(Cl)c5)C4(C)C)cn3)CC2)no1. The molecule has 2 aromatic heterocycles. The highest BCUT2D eigenvalue weighted by Gasteiger charge is 2.64. The Labute approximate surface area is 390 Å². The molecule has 2 aromatic carbocycles. The number of aliphatic hydroxyl groups is 1. The first-order chi connectivity index (χ1) is 31.4. The van der Waals surface area contributed by atoms with Crippen molar-refractivity contribution in [3.63, 3.8) is 0 Å². The predicted octanol–water partition coefficient (Wildman–Crippen LogP) is 5.86. The van der Waals surface area contributed by atoms with Crippen LogP contribution in [0.4, 0.5) is 5.82 Å². The second-order valence-electron chi connectivity index (χ2n) is 19.0. The van der Waals surface area contributed by atoms with Crippen molar-refractivity contribution in [3.05, 3.63) is 99.9 Å². The smallest absolute Gasteiger partial charge is 0.254 e. The number of rotatable bonds is 15. The van der Waals surface area contributed by atoms with Crippen LogP contribution in [0, 0.1) is 39.4 Å². The second kappa shape index (κ2) is 19.7. The Morgan fingerprint density at radius 2 is 1.68 bits per heavy atom. The molecule has 1 saturated carbocycles. The largest absolute Gasteiger partial charge is 0.489 e. The molecule has 348 valence electrons. The van der Waals surface area contributed by atoms with Gasteiger partial charge in [0.15, 0.2) is 5.76 Å². The van der Waals surface area contributed by atoms with Crippen LogP contribution < -0.4 is 25.0 Å². The Bertz CT molecular complexity index is 2460. The lowest BCUT2D eigenvalue weighted by Gasteiger charge is -2.63. The Hall–Kier alpha value is -6.20. The van der Waals surface area contributed by atoms with Gasteiger partial charge in [-0.1, -0.05) is 65.3 Å². The molecule has 7 rings (SSSR count). The summed E-state index contributed by atoms with van der Waals surface area (Å²) in [5.41, 5.74) is 1.39. The highest BCUT2D eigenvalue weighted by Crippen LogP contribution is 2.55. The van der Waals surface area contributed by atoms with E-state index in [1.165, 1.54) is 4.90 Å². The van der Waals surface area contributed by atoms with Gasteiger partial charge in [-0.3, -0.25) is 19.3 Å². The van der Waals surface area contributed by atoms with Crippen LogP contribution >= 0.6 is 11.6 Å². The highest BCUT2D eigenvalue weighted by atomic mass is 35.5. The number of benzene rings is 2. The number of aromatic nitrogens is 2. The fourth-order valence-corrected chi connectivity index (χ4v) is 10.2. The van der Waals surface area contributed by atoms with Gasteiger partial charge < -0.3 is 39.5 Å². The monoisotopic (exact) mass is 919 g/mol. The lowest BCUT2D eigenvalue weighted by Crippen LogP contribution is -2.74. The van der Waals surface area contributed by atoms with E-state index in [0.29, 0.717) is 46.4 Å². The van der Waals surface area contributed by atoms with E-state index in [1.54, 1.807) is 60.8 Å². The van der Waals surface area contributed by atoms with Crippen LogP contribution in [0.25, 0.3) is 0 Å². The number of halogens is 1. The van der Waals surface area contributed by atoms with Crippen LogP contribution in [-0.4, -0.2) is 113 Å². The van der Waals surface area contributed by atoms with Crippen molar-refractivity contribution in [1.82, 2.24) is 30.6 Å². The van der Waals surface area contributed by atoms with E-state index in [2.05, 4.69) is 70.4 Å². The third kappa shape index (κ3) is 10.1. The molecule has 16 nitrogen and oxygen atoms in total. The first-order valence-electron chi connectivity index (χ1n) is 22.4. The van der Waals surface area contributed by atoms with Crippen LogP contribution in [-0.2, 0) is 9.59 Å². The Kier molecular flexibility index (Phi) is 14.3. The van der Waals surface area contributed by atoms with Gasteiger partial charge in [0.2, 0.25) is 11.8 Å². The number of nitrogens with zero attached hydrogens (tertiary/aromatic N) is 7. The molecular weight excluding hydrogens is 862 g/mol. The average molecular weight is 921 g/mol. The van der Waals surface area contributed by atoms with E-state index < -0.39 is 28.9 Å². The molecule has 4 atom stereocenters. The van der Waals surface area contributed by atoms with E-state index in [4.69, 9.17) is 30.9 Å². The number of carbonyl (C=O) groups excluding carboxylic acids is 3. The number of pyridine rings is 1. The molecule has 3 amide bonds. The summed E-state index contributed by atoms with van der Waals surface area (Å²) in [4.78, 5) is 51.6. The maximum atomic E-state index is 14.1. The Balaban J connectivity index is 0.861. The molecule has 17 heteroatoms. The molecule has 4 heterocycles. The van der Waals surface area contributed by atoms with Crippen LogP contribution in [0.3, 0.4) is 0 Å². The minimum atomic E-state index is -0.867. The third-order valence-electron chi connectivity index (χ3n) is 13.3. The molecule has 66 heavy (non-hydrogen) atoms. The van der Waals surface area contributed by atoms with Gasteiger partial charge in [-0.25, -0.2) is 4.98 Å². The van der Waals surface area contributed by atoms with Crippen molar-refractivity contribution >= 4 is 35.1 Å². The fraction of sp³-hybridized carbons (Fsp3) is 0.490. The number of hydrogen-bond donors (Lipinski definition) is 3. The van der Waals surface area contributed by atoms with E-state index >= 15 is 0 Å². The fourth-order valence-electron chi connectivity index (χ4n) is 9.94. The first-order valence-corrected chi connectivity index (χ1v) is 22.8. The van der Waals surface area contributed by atoms with Gasteiger partial charge in [0, 0.05) is 80.9 Å². The summed E-state index contributed by atoms with van der Waals surface area (Å²) >= 11 is 6.25. The molecule has 4 aromatic rings. The van der Waals surface area contributed by atoms with Gasteiger partial charge in [-0.15, -0.1) is 0 Å². The van der Waals surface area contributed by atoms with Gasteiger partial charge in [-0.05, 0) is 60.0 Å². The number of nitrogens with one attached hydrogen (secondary N) is 2. The van der Waals surface area contributed by atoms with Gasteiger partial charge in [0.1, 0.15) is 42.3 Å². The second-order valence-corrected chi connectivity index (χ2v) is 19.4. The molecule has 2 saturated heterocycles. The molecule has 0 radical (unpaired) electrons. The first kappa shape index (κ1) is 47.8. The summed E-state index contributed by atoms with van der Waals surface area (Å²) < 4.78 is 18.0. The van der Waals surface area contributed by atoms with Crippen molar-refractivity contribution in [3.8, 4) is 23.8 Å². The van der Waals surface area contributed by atoms with Crippen molar-refractivity contribution in [1.29, 1.82) is 10.5 Å². The van der Waals surface area contributed by atoms with E-state index in [0.717, 1.165) is 37.6 Å². The number of carbonyl (C=O) groups is 3. The van der Waals surface area contributed by atoms with Gasteiger partial charge >= 0.3 is 0 Å². The van der Waals surface area contributed by atoms with Crippen molar-refractivity contribution in [2.45, 2.75) is 91.1 Å². The number of β-amino-alcohol motifs (C(OH)–C–C–N with tert-alkyl or cyclic N) is 1. The summed E-state index contributed by atoms with van der Waals surface area (Å²) in [7, 11) is 0. The maximum absolute atomic E-state index is 14.1. The normalized spacial score (nSPS) is 22.1. The molecule has 0 spiro atoms. The van der Waals surface area contributed by atoms with Crippen LogP contribution in [0.15, 0.2) is 71.4 Å². The summed E-state index contributed by atoms with van der Waals surface area (Å²) in [5, 5.41) is 39.6. The van der Waals surface area contributed by atoms with Crippen molar-refractivity contribution in [2.24, 2.45) is 16.7 Å². The maximum Gasteiger partial charge on any atom is 0.254 e. The van der Waals surface area contributed by atoms with E-state index in [9.17, 15) is 24.8 Å². The topological polar surface area (TPSA) is 210 Å². The number of piperazine rings is 1. The molecule has 3 fully saturated rings. The lowest BCUT2D eigenvalue weighted by atomic mass is 9.49. The van der Waals surface area contributed by atoms with Crippen LogP contribution in [0.1, 0.15) is 99.7 Å². The summed E-state index contributed by atoms with van der Waals surface area (Å²) in [6.45, 7) is 17.9. The number of likely N-dealkylation sites (tertiary alicyclic amines) is 1. The minimum Gasteiger partial charge on any atom is -0.489 e. The Morgan fingerprint density at radius 1 is 0.970 bits per heavy atom. The van der Waals surface area contributed by atoms with Crippen molar-refractivity contribution < 1.29 is 33.5 Å². The average Bonchev–Trinajstić information content (AvgIpc) is 3.93. The number of aliphatic hydroxyl groups excluding tert-OH is 1. The molecule has 0 bridgehead atoms. The lowest BCUT2D eigenvalue weighted by molar-refractivity contribution is -0.164. The van der Waals surface area contributed by atoms with Crippen molar-refractivity contribution in [2.75, 3.05) is 50.8 Å². The molecular formula is C49H58ClN9O7. The summed E-state index contributed by atoms with van der Waals surface area (Å²) in [6, 6.07) is 20.0. The Morgan fingerprint density at radius 3 is 2.30 bits per heavy atom. The van der Waals surface area contributed by atoms with Crippen LogP contribution in [0.5, 0.6) is 11.6 Å². The van der Waals surface area contributed by atoms with Crippen LogP contribution in [0.2, 0.25) is 5.02 Å². The quantitative estimate of drug-likeness (QED) is 0.128. The molecule has 3 N–H and O–H groups in total. The zero-order chi connectivity index (χ0) is 47.5. The minimum absolute atomic E-state index is 0.0185. The third-order valence-corrected chi connectivity index (χ3v) is 13.6. The van der Waals surface area contributed by atoms with Gasteiger partial charge in [0.05, 0.1) is 39.9 Å².